The molecule has 3 aromatic rings. The van der Waals surface area contributed by atoms with Crippen molar-refractivity contribution in [3.8, 4) is 5.75 Å². The lowest BCUT2D eigenvalue weighted by atomic mass is 10.1. The quantitative estimate of drug-likeness (QED) is 0.385. The summed E-state index contributed by atoms with van der Waals surface area (Å²) in [6.07, 6.45) is 2.72. The molecule has 0 spiro atoms. The van der Waals surface area contributed by atoms with E-state index in [0.717, 1.165) is 30.2 Å². The van der Waals surface area contributed by atoms with Gasteiger partial charge in [0.2, 0.25) is 0 Å². The Labute approximate surface area is 160 Å². The molecule has 5 nitrogen and oxygen atoms in total. The van der Waals surface area contributed by atoms with Crippen molar-refractivity contribution in [2.75, 3.05) is 26.7 Å². The molecule has 0 unspecified atom stereocenters. The first-order valence-corrected chi connectivity index (χ1v) is 9.23. The van der Waals surface area contributed by atoms with E-state index in [0.29, 0.717) is 13.2 Å². The van der Waals surface area contributed by atoms with E-state index in [1.807, 2.05) is 36.5 Å². The third-order valence-corrected chi connectivity index (χ3v) is 4.31. The van der Waals surface area contributed by atoms with Gasteiger partial charge >= 0.3 is 0 Å². The highest BCUT2D eigenvalue weighted by Crippen LogP contribution is 2.16. The van der Waals surface area contributed by atoms with Gasteiger partial charge in [-0.1, -0.05) is 42.0 Å². The first kappa shape index (κ1) is 18.7. The maximum Gasteiger partial charge on any atom is 0.191 e. The Kier molecular flexibility index (Phi) is 6.63. The van der Waals surface area contributed by atoms with Crippen LogP contribution in [0.4, 0.5) is 0 Å². The number of fused-ring (bicyclic) bond motifs is 1. The van der Waals surface area contributed by atoms with Crippen molar-refractivity contribution in [2.24, 2.45) is 4.99 Å². The van der Waals surface area contributed by atoms with Gasteiger partial charge in [0.15, 0.2) is 5.96 Å². The predicted molar refractivity (Wildman–Crippen MR) is 111 cm³/mol. The van der Waals surface area contributed by atoms with Crippen LogP contribution >= 0.6 is 0 Å². The highest BCUT2D eigenvalue weighted by atomic mass is 16.5. The summed E-state index contributed by atoms with van der Waals surface area (Å²) in [6, 6.07) is 18.4. The molecular formula is C22H26N4O. The van der Waals surface area contributed by atoms with E-state index in [4.69, 9.17) is 4.74 Å². The van der Waals surface area contributed by atoms with E-state index >= 15 is 0 Å². The first-order chi connectivity index (χ1) is 13.3. The van der Waals surface area contributed by atoms with Crippen LogP contribution in [0.15, 0.2) is 65.8 Å². The zero-order valence-electron chi connectivity index (χ0n) is 15.9. The Morgan fingerprint density at radius 1 is 1.00 bits per heavy atom. The fourth-order valence-corrected chi connectivity index (χ4v) is 2.88. The fourth-order valence-electron chi connectivity index (χ4n) is 2.88. The number of hydrogen-bond donors (Lipinski definition) is 2. The van der Waals surface area contributed by atoms with Crippen LogP contribution in [0.5, 0.6) is 5.75 Å². The molecule has 0 amide bonds. The lowest BCUT2D eigenvalue weighted by Gasteiger charge is -2.13. The van der Waals surface area contributed by atoms with Crippen molar-refractivity contribution in [1.82, 2.24) is 15.6 Å². The Balaban J connectivity index is 1.42. The molecule has 0 fully saturated rings. The summed E-state index contributed by atoms with van der Waals surface area (Å²) in [7, 11) is 1.77. The van der Waals surface area contributed by atoms with Crippen LogP contribution in [0.25, 0.3) is 10.9 Å². The van der Waals surface area contributed by atoms with Crippen LogP contribution < -0.4 is 15.4 Å². The van der Waals surface area contributed by atoms with Gasteiger partial charge in [0.25, 0.3) is 0 Å². The number of ether oxygens (including phenoxy) is 1. The van der Waals surface area contributed by atoms with Gasteiger partial charge in [-0.05, 0) is 37.1 Å². The number of aromatic nitrogens is 1. The van der Waals surface area contributed by atoms with Gasteiger partial charge in [-0.2, -0.15) is 0 Å². The number of nitrogens with one attached hydrogen (secondary N) is 2. The average molecular weight is 362 g/mol. The summed E-state index contributed by atoms with van der Waals surface area (Å²) in [4.78, 5) is 8.76. The van der Waals surface area contributed by atoms with Gasteiger partial charge in [-0.25, -0.2) is 0 Å². The molecule has 1 heterocycles. The maximum absolute atomic E-state index is 5.72. The van der Waals surface area contributed by atoms with Crippen molar-refractivity contribution in [3.05, 3.63) is 71.9 Å². The first-order valence-electron chi connectivity index (χ1n) is 9.23. The molecule has 2 aromatic carbocycles. The monoisotopic (exact) mass is 362 g/mol. The summed E-state index contributed by atoms with van der Waals surface area (Å²) in [6.45, 7) is 4.11. The zero-order valence-corrected chi connectivity index (χ0v) is 15.9. The predicted octanol–water partition coefficient (Wildman–Crippen LogP) is 3.33. The topological polar surface area (TPSA) is 58.5 Å². The van der Waals surface area contributed by atoms with Crippen LogP contribution in [-0.4, -0.2) is 37.7 Å². The molecule has 5 heteroatoms. The molecule has 3 rings (SSSR count). The Bertz CT molecular complexity index is 885. The minimum atomic E-state index is 0.580. The van der Waals surface area contributed by atoms with Gasteiger partial charge in [-0.15, -0.1) is 0 Å². The SMILES string of the molecule is CN=C(NCCOc1ccc(C)cc1)NCCc1cccc2cccnc12. The number of aliphatic imine (C=N–C) groups is 1. The molecule has 0 aliphatic rings. The molecule has 0 atom stereocenters. The van der Waals surface area contributed by atoms with Crippen molar-refractivity contribution < 1.29 is 4.74 Å². The van der Waals surface area contributed by atoms with Crippen LogP contribution in [0.2, 0.25) is 0 Å². The highest BCUT2D eigenvalue weighted by molar-refractivity contribution is 5.82. The van der Waals surface area contributed by atoms with Crippen LogP contribution in [0.1, 0.15) is 11.1 Å². The van der Waals surface area contributed by atoms with Crippen molar-refractivity contribution in [1.29, 1.82) is 0 Å². The summed E-state index contributed by atoms with van der Waals surface area (Å²) < 4.78 is 5.72. The van der Waals surface area contributed by atoms with E-state index < -0.39 is 0 Å². The number of nitrogens with zero attached hydrogens (tertiary/aromatic N) is 2. The fraction of sp³-hybridized carbons (Fsp3) is 0.273. The van der Waals surface area contributed by atoms with Crippen LogP contribution in [0.3, 0.4) is 0 Å². The summed E-state index contributed by atoms with van der Waals surface area (Å²) in [5, 5.41) is 7.79. The third-order valence-electron chi connectivity index (χ3n) is 4.31. The Morgan fingerprint density at radius 2 is 1.78 bits per heavy atom. The maximum atomic E-state index is 5.72. The molecule has 0 saturated heterocycles. The van der Waals surface area contributed by atoms with Gasteiger partial charge < -0.3 is 15.4 Å². The number of pyridine rings is 1. The molecule has 27 heavy (non-hydrogen) atoms. The summed E-state index contributed by atoms with van der Waals surface area (Å²) in [5.41, 5.74) is 3.53. The molecule has 0 bridgehead atoms. The zero-order chi connectivity index (χ0) is 18.9. The molecule has 2 N–H and O–H groups in total. The standard InChI is InChI=1S/C22H26N4O/c1-17-8-10-20(11-9-17)27-16-15-26-22(23-2)25-14-12-19-6-3-5-18-7-4-13-24-21(18)19/h3-11,13H,12,14-16H2,1-2H3,(H2,23,25,26). The van der Waals surface area contributed by atoms with E-state index in [9.17, 15) is 0 Å². The van der Waals surface area contributed by atoms with E-state index in [1.165, 1.54) is 16.5 Å². The lowest BCUT2D eigenvalue weighted by Crippen LogP contribution is -2.40. The number of benzene rings is 2. The second-order valence-corrected chi connectivity index (χ2v) is 6.33. The average Bonchev–Trinajstić information content (AvgIpc) is 2.71. The number of hydrogen-bond acceptors (Lipinski definition) is 3. The Hall–Kier alpha value is -3.08. The van der Waals surface area contributed by atoms with E-state index in [2.05, 4.69) is 51.8 Å². The summed E-state index contributed by atoms with van der Waals surface area (Å²) >= 11 is 0. The molecule has 0 aliphatic carbocycles. The summed E-state index contributed by atoms with van der Waals surface area (Å²) in [5.74, 6) is 1.66. The second-order valence-electron chi connectivity index (χ2n) is 6.33. The third kappa shape index (κ3) is 5.45. The minimum absolute atomic E-state index is 0.580. The van der Waals surface area contributed by atoms with E-state index in [1.54, 1.807) is 7.05 Å². The van der Waals surface area contributed by atoms with Crippen LogP contribution in [0, 0.1) is 6.92 Å². The molecule has 1 aromatic heterocycles. The number of rotatable bonds is 7. The smallest absolute Gasteiger partial charge is 0.191 e. The van der Waals surface area contributed by atoms with Gasteiger partial charge in [0, 0.05) is 25.2 Å². The van der Waals surface area contributed by atoms with Gasteiger partial charge in [0.05, 0.1) is 12.1 Å². The highest BCUT2D eigenvalue weighted by Gasteiger charge is 2.03. The Morgan fingerprint density at radius 3 is 2.59 bits per heavy atom. The molecule has 0 saturated carbocycles. The van der Waals surface area contributed by atoms with Crippen LogP contribution in [-0.2, 0) is 6.42 Å². The number of para-hydroxylation sites is 1. The van der Waals surface area contributed by atoms with Gasteiger partial charge in [0.1, 0.15) is 12.4 Å². The van der Waals surface area contributed by atoms with Crippen molar-refractivity contribution in [3.63, 3.8) is 0 Å². The molecule has 0 radical (unpaired) electrons. The normalized spacial score (nSPS) is 11.4. The minimum Gasteiger partial charge on any atom is -0.492 e. The van der Waals surface area contributed by atoms with E-state index in [-0.39, 0.29) is 0 Å². The lowest BCUT2D eigenvalue weighted by molar-refractivity contribution is 0.322. The van der Waals surface area contributed by atoms with Crippen molar-refractivity contribution >= 4 is 16.9 Å². The molecule has 0 aliphatic heterocycles. The molecule has 140 valence electrons. The number of aryl methyl sites for hydroxylation is 1. The van der Waals surface area contributed by atoms with Crippen molar-refractivity contribution in [2.45, 2.75) is 13.3 Å². The van der Waals surface area contributed by atoms with Gasteiger partial charge in [-0.3, -0.25) is 9.98 Å². The molecular weight excluding hydrogens is 336 g/mol. The second kappa shape index (κ2) is 9.57. The number of guanidine groups is 1. The largest absolute Gasteiger partial charge is 0.492 e.